The SMILES string of the molecule is C=CCCN1C(=O)NC2(C1=O)C(=O)N(Cc1ccccc1)c1ccccc12. The second kappa shape index (κ2) is 6.39. The van der Waals surface area contributed by atoms with Gasteiger partial charge in [0.05, 0.1) is 12.2 Å². The van der Waals surface area contributed by atoms with Crippen LogP contribution < -0.4 is 10.2 Å². The molecule has 0 radical (unpaired) electrons. The van der Waals surface area contributed by atoms with Gasteiger partial charge < -0.3 is 10.2 Å². The number of imide groups is 1. The number of rotatable bonds is 5. The fourth-order valence-electron chi connectivity index (χ4n) is 3.70. The van der Waals surface area contributed by atoms with Crippen molar-refractivity contribution in [2.45, 2.75) is 18.5 Å². The maximum atomic E-state index is 13.4. The molecule has 2 heterocycles. The van der Waals surface area contributed by atoms with Crippen molar-refractivity contribution in [3.8, 4) is 0 Å². The van der Waals surface area contributed by atoms with E-state index in [2.05, 4.69) is 11.9 Å². The van der Waals surface area contributed by atoms with Gasteiger partial charge in [-0.05, 0) is 18.1 Å². The molecule has 0 saturated carbocycles. The third-order valence-corrected chi connectivity index (χ3v) is 5.01. The Bertz CT molecular complexity index is 941. The van der Waals surface area contributed by atoms with Crippen LogP contribution in [0, 0.1) is 0 Å². The van der Waals surface area contributed by atoms with Gasteiger partial charge >= 0.3 is 6.03 Å². The molecule has 1 saturated heterocycles. The molecule has 1 fully saturated rings. The number of carbonyl (C=O) groups is 3. The minimum atomic E-state index is -1.68. The van der Waals surface area contributed by atoms with E-state index in [1.165, 1.54) is 0 Å². The number of benzene rings is 2. The number of urea groups is 1. The highest BCUT2D eigenvalue weighted by Gasteiger charge is 2.63. The van der Waals surface area contributed by atoms with E-state index in [0.717, 1.165) is 10.5 Å². The van der Waals surface area contributed by atoms with Gasteiger partial charge in [0.1, 0.15) is 0 Å². The molecular weight excluding hydrogens is 342 g/mol. The summed E-state index contributed by atoms with van der Waals surface area (Å²) in [5.41, 5.74) is 0.429. The second-order valence-electron chi connectivity index (χ2n) is 6.61. The molecule has 6 heteroatoms. The van der Waals surface area contributed by atoms with Crippen LogP contribution in [0.25, 0.3) is 0 Å². The zero-order valence-electron chi connectivity index (χ0n) is 14.7. The first-order valence-corrected chi connectivity index (χ1v) is 8.80. The van der Waals surface area contributed by atoms with E-state index in [1.807, 2.05) is 36.4 Å². The van der Waals surface area contributed by atoms with Crippen LogP contribution in [0.3, 0.4) is 0 Å². The zero-order chi connectivity index (χ0) is 19.0. The Labute approximate surface area is 157 Å². The Hall–Kier alpha value is -3.41. The molecule has 0 aliphatic carbocycles. The highest BCUT2D eigenvalue weighted by atomic mass is 16.2. The fraction of sp³-hybridized carbons (Fsp3) is 0.190. The number of fused-ring (bicyclic) bond motifs is 2. The standard InChI is InChI=1S/C21H19N3O3/c1-2-3-13-23-18(25)21(22-20(23)27)16-11-7-8-12-17(16)24(19(21)26)14-15-9-5-4-6-10-15/h2,4-12H,1,3,13-14H2,(H,22,27). The van der Waals surface area contributed by atoms with Gasteiger partial charge in [-0.2, -0.15) is 0 Å². The smallest absolute Gasteiger partial charge is 0.311 e. The molecule has 4 amide bonds. The Morgan fingerprint density at radius 1 is 0.926 bits per heavy atom. The molecule has 4 rings (SSSR count). The molecule has 0 bridgehead atoms. The number of carbonyl (C=O) groups excluding carboxylic acids is 3. The summed E-state index contributed by atoms with van der Waals surface area (Å²) in [6, 6.07) is 16.1. The molecule has 1 spiro atoms. The summed E-state index contributed by atoms with van der Waals surface area (Å²) in [4.78, 5) is 41.7. The van der Waals surface area contributed by atoms with Crippen molar-refractivity contribution in [2.75, 3.05) is 11.4 Å². The summed E-state index contributed by atoms with van der Waals surface area (Å²) < 4.78 is 0. The monoisotopic (exact) mass is 361 g/mol. The van der Waals surface area contributed by atoms with Gasteiger partial charge in [-0.15, -0.1) is 6.58 Å². The van der Waals surface area contributed by atoms with E-state index < -0.39 is 23.4 Å². The minimum Gasteiger partial charge on any atom is -0.311 e. The summed E-state index contributed by atoms with van der Waals surface area (Å²) in [6.07, 6.45) is 2.11. The Balaban J connectivity index is 1.77. The number of hydrogen-bond donors (Lipinski definition) is 1. The molecule has 2 aliphatic heterocycles. The van der Waals surface area contributed by atoms with Crippen LogP contribution >= 0.6 is 0 Å². The predicted molar refractivity (Wildman–Crippen MR) is 101 cm³/mol. The predicted octanol–water partition coefficient (Wildman–Crippen LogP) is 2.56. The molecule has 1 atom stereocenters. The summed E-state index contributed by atoms with van der Waals surface area (Å²) in [7, 11) is 0. The first kappa shape index (κ1) is 17.0. The van der Waals surface area contributed by atoms with E-state index in [1.54, 1.807) is 29.2 Å². The third-order valence-electron chi connectivity index (χ3n) is 5.01. The lowest BCUT2D eigenvalue weighted by molar-refractivity contribution is -0.138. The first-order chi connectivity index (χ1) is 13.1. The maximum Gasteiger partial charge on any atom is 0.325 e. The van der Waals surface area contributed by atoms with Crippen molar-refractivity contribution in [3.63, 3.8) is 0 Å². The number of nitrogens with zero attached hydrogens (tertiary/aromatic N) is 2. The highest BCUT2D eigenvalue weighted by Crippen LogP contribution is 2.44. The van der Waals surface area contributed by atoms with Gasteiger partial charge in [0.15, 0.2) is 0 Å². The van der Waals surface area contributed by atoms with E-state index in [9.17, 15) is 14.4 Å². The molecule has 0 aromatic heterocycles. The minimum absolute atomic E-state index is 0.198. The summed E-state index contributed by atoms with van der Waals surface area (Å²) in [6.45, 7) is 4.15. The van der Waals surface area contributed by atoms with Crippen LogP contribution in [0.5, 0.6) is 0 Å². The van der Waals surface area contributed by atoms with Gasteiger partial charge in [0.2, 0.25) is 5.54 Å². The molecule has 1 N–H and O–H groups in total. The Morgan fingerprint density at radius 3 is 2.33 bits per heavy atom. The van der Waals surface area contributed by atoms with Crippen LogP contribution in [0.15, 0.2) is 67.3 Å². The van der Waals surface area contributed by atoms with E-state index >= 15 is 0 Å². The molecule has 136 valence electrons. The van der Waals surface area contributed by atoms with Crippen molar-refractivity contribution < 1.29 is 14.4 Å². The lowest BCUT2D eigenvalue weighted by Gasteiger charge is -2.22. The Kier molecular flexibility index (Phi) is 4.03. The van der Waals surface area contributed by atoms with Crippen LogP contribution in [0.2, 0.25) is 0 Å². The van der Waals surface area contributed by atoms with Crippen LogP contribution in [-0.4, -0.2) is 29.3 Å². The van der Waals surface area contributed by atoms with Crippen molar-refractivity contribution in [3.05, 3.63) is 78.4 Å². The molecule has 2 aromatic rings. The lowest BCUT2D eigenvalue weighted by atomic mass is 9.91. The van der Waals surface area contributed by atoms with E-state index in [-0.39, 0.29) is 6.54 Å². The molecule has 27 heavy (non-hydrogen) atoms. The van der Waals surface area contributed by atoms with Crippen molar-refractivity contribution in [2.24, 2.45) is 0 Å². The quantitative estimate of drug-likeness (QED) is 0.505. The van der Waals surface area contributed by atoms with Crippen LogP contribution in [0.4, 0.5) is 10.5 Å². The summed E-state index contributed by atoms with van der Waals surface area (Å²) >= 11 is 0. The van der Waals surface area contributed by atoms with Crippen LogP contribution in [-0.2, 0) is 21.7 Å². The number of para-hydroxylation sites is 1. The second-order valence-corrected chi connectivity index (χ2v) is 6.61. The largest absolute Gasteiger partial charge is 0.325 e. The number of nitrogens with one attached hydrogen (secondary N) is 1. The molecule has 6 nitrogen and oxygen atoms in total. The van der Waals surface area contributed by atoms with Crippen molar-refractivity contribution in [1.82, 2.24) is 10.2 Å². The van der Waals surface area contributed by atoms with Gasteiger partial charge in [-0.3, -0.25) is 14.5 Å². The van der Waals surface area contributed by atoms with Gasteiger partial charge in [-0.25, -0.2) is 4.79 Å². The van der Waals surface area contributed by atoms with Gasteiger partial charge in [0.25, 0.3) is 11.8 Å². The molecule has 1 unspecified atom stereocenters. The highest BCUT2D eigenvalue weighted by molar-refractivity contribution is 6.27. The average Bonchev–Trinajstić information content (AvgIpc) is 3.08. The third kappa shape index (κ3) is 2.44. The number of hydrogen-bond acceptors (Lipinski definition) is 3. The van der Waals surface area contributed by atoms with Crippen LogP contribution in [0.1, 0.15) is 17.5 Å². The zero-order valence-corrected chi connectivity index (χ0v) is 14.7. The van der Waals surface area contributed by atoms with E-state index in [4.69, 9.17) is 0 Å². The first-order valence-electron chi connectivity index (χ1n) is 8.80. The Morgan fingerprint density at radius 2 is 1.59 bits per heavy atom. The topological polar surface area (TPSA) is 69.7 Å². The average molecular weight is 361 g/mol. The fourth-order valence-corrected chi connectivity index (χ4v) is 3.70. The number of anilines is 1. The van der Waals surface area contributed by atoms with Gasteiger partial charge in [0, 0.05) is 12.1 Å². The molecular formula is C21H19N3O3. The van der Waals surface area contributed by atoms with E-state index in [0.29, 0.717) is 24.2 Å². The summed E-state index contributed by atoms with van der Waals surface area (Å²) in [5, 5.41) is 2.67. The maximum absolute atomic E-state index is 13.4. The summed E-state index contributed by atoms with van der Waals surface area (Å²) in [5.74, 6) is -0.950. The van der Waals surface area contributed by atoms with Crippen molar-refractivity contribution >= 4 is 23.5 Å². The van der Waals surface area contributed by atoms with Crippen molar-refractivity contribution in [1.29, 1.82) is 0 Å². The normalized spacial score (nSPS) is 21.0. The van der Waals surface area contributed by atoms with Gasteiger partial charge in [-0.1, -0.05) is 54.6 Å². The lowest BCUT2D eigenvalue weighted by Crippen LogP contribution is -2.52. The molecule has 2 aromatic carbocycles. The molecule has 2 aliphatic rings. The number of amides is 4.